The molecule has 0 spiro atoms. The normalized spacial score (nSPS) is 11.7. The quantitative estimate of drug-likeness (QED) is 0.418. The molecule has 0 bridgehead atoms. The van der Waals surface area contributed by atoms with E-state index in [1.807, 2.05) is 6.07 Å². The van der Waals surface area contributed by atoms with Crippen LogP contribution in [0.25, 0.3) is 0 Å². The Hall–Kier alpha value is -0.221. The molecule has 0 aromatic heterocycles. The average Bonchev–Trinajstić information content (AvgIpc) is 2.54. The number of halogens is 1. The van der Waals surface area contributed by atoms with Crippen LogP contribution in [0.15, 0.2) is 18.2 Å². The molecular formula is C19H31ClO2Sn. The van der Waals surface area contributed by atoms with Gasteiger partial charge in [0.05, 0.1) is 0 Å². The van der Waals surface area contributed by atoms with Crippen LogP contribution in [0.3, 0.4) is 0 Å². The molecule has 0 aliphatic carbocycles. The molecule has 130 valence electrons. The monoisotopic (exact) mass is 446 g/mol. The number of hydrogen-bond acceptors (Lipinski definition) is 1. The first-order valence-corrected chi connectivity index (χ1v) is 16.9. The van der Waals surface area contributed by atoms with E-state index in [2.05, 4.69) is 26.8 Å². The van der Waals surface area contributed by atoms with Crippen molar-refractivity contribution in [3.05, 3.63) is 28.8 Å². The second kappa shape index (κ2) is 10.6. The van der Waals surface area contributed by atoms with E-state index in [-0.39, 0.29) is 5.56 Å². The number of aromatic carboxylic acids is 1. The Bertz CT molecular complexity index is 480. The van der Waals surface area contributed by atoms with Crippen molar-refractivity contribution in [1.29, 1.82) is 0 Å². The average molecular weight is 446 g/mol. The zero-order valence-corrected chi connectivity index (χ0v) is 18.4. The molecule has 4 heteroatoms. The number of rotatable bonds is 11. The van der Waals surface area contributed by atoms with Gasteiger partial charge in [0.25, 0.3) is 0 Å². The maximum atomic E-state index is 11.2. The molecule has 0 aliphatic rings. The maximum absolute atomic E-state index is 11.2. The van der Waals surface area contributed by atoms with Crippen LogP contribution in [0.2, 0.25) is 18.3 Å². The molecule has 0 atom stereocenters. The van der Waals surface area contributed by atoms with E-state index in [1.165, 1.54) is 55.4 Å². The summed E-state index contributed by atoms with van der Waals surface area (Å²) >= 11 is 3.79. The molecule has 0 aliphatic heterocycles. The molecule has 0 unspecified atom stereocenters. The molecule has 0 saturated heterocycles. The third-order valence-corrected chi connectivity index (χ3v) is 20.8. The van der Waals surface area contributed by atoms with E-state index in [0.717, 1.165) is 0 Å². The topological polar surface area (TPSA) is 37.3 Å². The zero-order valence-electron chi connectivity index (χ0n) is 14.8. The zero-order chi connectivity index (χ0) is 17.3. The predicted molar refractivity (Wildman–Crippen MR) is 103 cm³/mol. The van der Waals surface area contributed by atoms with Gasteiger partial charge in [-0.3, -0.25) is 0 Å². The third kappa shape index (κ3) is 5.97. The van der Waals surface area contributed by atoms with Gasteiger partial charge < -0.3 is 0 Å². The second-order valence-corrected chi connectivity index (χ2v) is 20.2. The number of carboxylic acid groups (broad SMARTS) is 1. The first-order valence-electron chi connectivity index (χ1n) is 9.04. The standard InChI is InChI=1S/C7H4ClO2.3C4H9.Sn/c8-6-4-2-1-3-5(6)7(9)10;3*1-3-4-2;/h1,3-4H,(H,9,10);3*1,3-4H2,2H3;. The predicted octanol–water partition coefficient (Wildman–Crippen LogP) is 6.09. The van der Waals surface area contributed by atoms with Gasteiger partial charge in [-0.25, -0.2) is 0 Å². The fraction of sp³-hybridized carbons (Fsp3) is 0.632. The van der Waals surface area contributed by atoms with Gasteiger partial charge in [0.2, 0.25) is 0 Å². The number of benzene rings is 1. The van der Waals surface area contributed by atoms with Crippen molar-refractivity contribution in [2.45, 2.75) is 72.6 Å². The Balaban J connectivity index is 3.22. The minimum atomic E-state index is -2.49. The van der Waals surface area contributed by atoms with E-state index in [4.69, 9.17) is 11.6 Å². The fourth-order valence-electron chi connectivity index (χ4n) is 3.37. The molecule has 0 heterocycles. The van der Waals surface area contributed by atoms with E-state index in [0.29, 0.717) is 5.02 Å². The van der Waals surface area contributed by atoms with Gasteiger partial charge >= 0.3 is 151 Å². The van der Waals surface area contributed by atoms with Crippen LogP contribution in [0.4, 0.5) is 0 Å². The Morgan fingerprint density at radius 2 is 1.48 bits per heavy atom. The minimum absolute atomic E-state index is 0.233. The summed E-state index contributed by atoms with van der Waals surface area (Å²) in [6.07, 6.45) is 7.58. The van der Waals surface area contributed by atoms with Crippen LogP contribution in [0.1, 0.15) is 69.7 Å². The molecule has 2 nitrogen and oxygen atoms in total. The van der Waals surface area contributed by atoms with Crippen LogP contribution >= 0.6 is 11.6 Å². The van der Waals surface area contributed by atoms with Crippen LogP contribution in [-0.4, -0.2) is 29.5 Å². The third-order valence-electron chi connectivity index (χ3n) is 4.84. The first kappa shape index (κ1) is 20.8. The van der Waals surface area contributed by atoms with Crippen molar-refractivity contribution in [3.8, 4) is 0 Å². The van der Waals surface area contributed by atoms with Crippen LogP contribution < -0.4 is 3.58 Å². The van der Waals surface area contributed by atoms with Crippen molar-refractivity contribution in [3.63, 3.8) is 0 Å². The Labute approximate surface area is 150 Å². The number of hydrogen-bond donors (Lipinski definition) is 1. The van der Waals surface area contributed by atoms with Gasteiger partial charge in [0, 0.05) is 0 Å². The first-order chi connectivity index (χ1) is 11.0. The molecule has 0 amide bonds. The SMILES string of the molecule is CCC[CH2][Sn]([CH2]CCC)([CH2]CCC)[c]1ccc(C(=O)O)c(Cl)c1. The van der Waals surface area contributed by atoms with Crippen molar-refractivity contribution in [2.75, 3.05) is 0 Å². The van der Waals surface area contributed by atoms with E-state index >= 15 is 0 Å². The molecule has 1 aromatic carbocycles. The summed E-state index contributed by atoms with van der Waals surface area (Å²) < 4.78 is 5.54. The van der Waals surface area contributed by atoms with Crippen molar-refractivity contribution < 1.29 is 9.90 Å². The molecule has 0 radical (unpaired) electrons. The van der Waals surface area contributed by atoms with E-state index in [1.54, 1.807) is 6.07 Å². The van der Waals surface area contributed by atoms with Crippen molar-refractivity contribution >= 4 is 39.5 Å². The van der Waals surface area contributed by atoms with Gasteiger partial charge in [-0.2, -0.15) is 0 Å². The number of unbranched alkanes of at least 4 members (excludes halogenated alkanes) is 3. The molecule has 1 rings (SSSR count). The number of carbonyl (C=O) groups is 1. The molecular weight excluding hydrogens is 414 g/mol. The van der Waals surface area contributed by atoms with E-state index in [9.17, 15) is 9.90 Å². The van der Waals surface area contributed by atoms with Gasteiger partial charge in [0.1, 0.15) is 0 Å². The summed E-state index contributed by atoms with van der Waals surface area (Å²) in [5.74, 6) is -0.932. The fourth-order valence-corrected chi connectivity index (χ4v) is 19.9. The van der Waals surface area contributed by atoms with Crippen molar-refractivity contribution in [2.24, 2.45) is 0 Å². The summed E-state index contributed by atoms with van der Waals surface area (Å²) in [6.45, 7) is 6.78. The van der Waals surface area contributed by atoms with Gasteiger partial charge in [-0.05, 0) is 0 Å². The molecule has 1 aromatic rings. The summed E-state index contributed by atoms with van der Waals surface area (Å²) in [6, 6.07) is 5.82. The molecule has 23 heavy (non-hydrogen) atoms. The number of carboxylic acids is 1. The van der Waals surface area contributed by atoms with Crippen LogP contribution in [0.5, 0.6) is 0 Å². The van der Waals surface area contributed by atoms with E-state index < -0.39 is 24.3 Å². The van der Waals surface area contributed by atoms with Gasteiger partial charge in [-0.15, -0.1) is 0 Å². The van der Waals surface area contributed by atoms with Crippen LogP contribution in [0, 0.1) is 0 Å². The Morgan fingerprint density at radius 3 is 1.83 bits per heavy atom. The summed E-state index contributed by atoms with van der Waals surface area (Å²) in [4.78, 5) is 11.2. The van der Waals surface area contributed by atoms with Crippen LogP contribution in [-0.2, 0) is 0 Å². The Morgan fingerprint density at radius 1 is 1.00 bits per heavy atom. The summed E-state index contributed by atoms with van der Waals surface area (Å²) in [5.41, 5.74) is 0.233. The summed E-state index contributed by atoms with van der Waals surface area (Å²) in [7, 11) is 0. The van der Waals surface area contributed by atoms with Gasteiger partial charge in [0.15, 0.2) is 0 Å². The Kier molecular flexibility index (Phi) is 9.60. The molecule has 0 saturated carbocycles. The summed E-state index contributed by atoms with van der Waals surface area (Å²) in [5, 5.41) is 9.63. The molecule has 0 fully saturated rings. The second-order valence-electron chi connectivity index (χ2n) is 6.59. The van der Waals surface area contributed by atoms with Crippen molar-refractivity contribution in [1.82, 2.24) is 0 Å². The molecule has 1 N–H and O–H groups in total. The van der Waals surface area contributed by atoms with Gasteiger partial charge in [-0.1, -0.05) is 0 Å².